The molecule has 4 N–H and O–H groups in total. The number of nitrogens with one attached hydrogen (secondary N) is 2. The number of aromatic nitrogens is 2. The summed E-state index contributed by atoms with van der Waals surface area (Å²) in [6.45, 7) is 19.7. The van der Waals surface area contributed by atoms with Crippen molar-refractivity contribution in [2.45, 2.75) is 104 Å². The number of hydrogen-bond acceptors (Lipinski definition) is 10. The number of isocyanates is 1. The molecule has 2 saturated carbocycles. The first-order valence-corrected chi connectivity index (χ1v) is 21.4. The van der Waals surface area contributed by atoms with E-state index in [0.29, 0.717) is 30.2 Å². The van der Waals surface area contributed by atoms with E-state index in [-0.39, 0.29) is 28.9 Å². The summed E-state index contributed by atoms with van der Waals surface area (Å²) in [5.74, 6) is 2.15. The lowest BCUT2D eigenvalue weighted by atomic mass is 9.81. The summed E-state index contributed by atoms with van der Waals surface area (Å²) in [7, 11) is 0. The fourth-order valence-electron chi connectivity index (χ4n) is 8.01. The SMILES string of the molecule is CC(C)(C)N=C=O.CC(C)(C)NC(=O)NCC1CCC(C(=O)N2CCN(c3ccncc3)CC2)CC1.NCC1CCC(C(=O)N2CCN(c3ccncc3)CC2)CC1. The van der Waals surface area contributed by atoms with Crippen LogP contribution in [0.4, 0.5) is 16.2 Å². The van der Waals surface area contributed by atoms with Crippen molar-refractivity contribution in [3.05, 3.63) is 49.1 Å². The minimum absolute atomic E-state index is 0.109. The summed E-state index contributed by atoms with van der Waals surface area (Å²) in [5, 5.41) is 5.91. The molecule has 0 spiro atoms. The van der Waals surface area contributed by atoms with Crippen LogP contribution in [-0.4, -0.2) is 120 Å². The number of nitrogens with two attached hydrogens (primary N) is 1. The molecule has 2 saturated heterocycles. The lowest BCUT2D eigenvalue weighted by Gasteiger charge is -2.38. The Morgan fingerprint density at radius 3 is 1.40 bits per heavy atom. The summed E-state index contributed by atoms with van der Waals surface area (Å²) < 4.78 is 0. The Bertz CT molecular complexity index is 1580. The zero-order valence-corrected chi connectivity index (χ0v) is 36.0. The molecular formula is C44H70N10O4. The number of aliphatic imine (C=N–C) groups is 1. The van der Waals surface area contributed by atoms with Crippen LogP contribution >= 0.6 is 0 Å². The first-order valence-electron chi connectivity index (χ1n) is 21.4. The second kappa shape index (κ2) is 22.6. The van der Waals surface area contributed by atoms with Gasteiger partial charge in [-0.15, -0.1) is 0 Å². The lowest BCUT2D eigenvalue weighted by Crippen LogP contribution is -2.51. The zero-order chi connectivity index (χ0) is 42.1. The van der Waals surface area contributed by atoms with E-state index in [9.17, 15) is 19.2 Å². The van der Waals surface area contributed by atoms with E-state index in [4.69, 9.17) is 5.73 Å². The Kier molecular flexibility index (Phi) is 17.9. The van der Waals surface area contributed by atoms with Crippen molar-refractivity contribution in [2.75, 3.05) is 75.2 Å². The number of piperazine rings is 2. The van der Waals surface area contributed by atoms with Crippen molar-refractivity contribution >= 4 is 35.3 Å². The molecule has 14 nitrogen and oxygen atoms in total. The number of urea groups is 1. The Morgan fingerprint density at radius 1 is 0.672 bits per heavy atom. The highest BCUT2D eigenvalue weighted by atomic mass is 16.2. The molecule has 0 atom stereocenters. The average molecular weight is 803 g/mol. The van der Waals surface area contributed by atoms with Gasteiger partial charge in [0.2, 0.25) is 17.9 Å². The summed E-state index contributed by atoms with van der Waals surface area (Å²) in [5.41, 5.74) is 7.63. The largest absolute Gasteiger partial charge is 0.368 e. The number of nitrogens with zero attached hydrogens (tertiary/aromatic N) is 7. The van der Waals surface area contributed by atoms with Gasteiger partial charge in [0.15, 0.2) is 0 Å². The molecule has 58 heavy (non-hydrogen) atoms. The Morgan fingerprint density at radius 2 is 1.07 bits per heavy atom. The van der Waals surface area contributed by atoms with E-state index in [1.165, 1.54) is 17.5 Å². The zero-order valence-electron chi connectivity index (χ0n) is 36.0. The maximum atomic E-state index is 12.9. The highest BCUT2D eigenvalue weighted by Crippen LogP contribution is 2.31. The maximum Gasteiger partial charge on any atom is 0.315 e. The van der Waals surface area contributed by atoms with Gasteiger partial charge in [0, 0.05) is 112 Å². The van der Waals surface area contributed by atoms with Crippen LogP contribution in [0.1, 0.15) is 92.9 Å². The third kappa shape index (κ3) is 15.7. The van der Waals surface area contributed by atoms with Crippen LogP contribution in [0.5, 0.6) is 0 Å². The first kappa shape index (κ1) is 46.1. The molecule has 0 unspecified atom stereocenters. The van der Waals surface area contributed by atoms with Gasteiger partial charge in [0.1, 0.15) is 0 Å². The van der Waals surface area contributed by atoms with E-state index in [1.54, 1.807) is 0 Å². The van der Waals surface area contributed by atoms with Gasteiger partial charge in [-0.25, -0.2) is 14.6 Å². The Labute approximate surface area is 346 Å². The number of rotatable bonds is 7. The molecule has 4 aliphatic rings. The van der Waals surface area contributed by atoms with Crippen LogP contribution < -0.4 is 26.2 Å². The van der Waals surface area contributed by atoms with Crippen molar-refractivity contribution in [1.82, 2.24) is 30.4 Å². The second-order valence-electron chi connectivity index (χ2n) is 18.2. The van der Waals surface area contributed by atoms with Gasteiger partial charge in [-0.3, -0.25) is 19.6 Å². The Hall–Kier alpha value is -4.55. The molecule has 2 aliphatic heterocycles. The second-order valence-corrected chi connectivity index (χ2v) is 18.2. The molecule has 0 radical (unpaired) electrons. The van der Waals surface area contributed by atoms with E-state index >= 15 is 0 Å². The highest BCUT2D eigenvalue weighted by molar-refractivity contribution is 5.80. The van der Waals surface area contributed by atoms with Crippen molar-refractivity contribution in [3.8, 4) is 0 Å². The van der Waals surface area contributed by atoms with Crippen molar-refractivity contribution in [2.24, 2.45) is 34.4 Å². The predicted molar refractivity (Wildman–Crippen MR) is 230 cm³/mol. The summed E-state index contributed by atoms with van der Waals surface area (Å²) in [4.78, 5) is 67.4. The fraction of sp³-hybridized carbons (Fsp3) is 0.682. The van der Waals surface area contributed by atoms with Crippen LogP contribution in [0.25, 0.3) is 0 Å². The smallest absolute Gasteiger partial charge is 0.315 e. The number of anilines is 2. The summed E-state index contributed by atoms with van der Waals surface area (Å²) in [6.07, 6.45) is 16.9. The van der Waals surface area contributed by atoms with Crippen molar-refractivity contribution < 1.29 is 19.2 Å². The third-order valence-corrected chi connectivity index (χ3v) is 11.4. The minimum Gasteiger partial charge on any atom is -0.368 e. The van der Waals surface area contributed by atoms with Gasteiger partial charge in [-0.05, 0) is 136 Å². The predicted octanol–water partition coefficient (Wildman–Crippen LogP) is 5.25. The number of pyridine rings is 2. The highest BCUT2D eigenvalue weighted by Gasteiger charge is 2.32. The van der Waals surface area contributed by atoms with E-state index in [0.717, 1.165) is 110 Å². The van der Waals surface area contributed by atoms with Gasteiger partial charge in [-0.1, -0.05) is 0 Å². The maximum absolute atomic E-state index is 12.9. The molecule has 0 aromatic carbocycles. The van der Waals surface area contributed by atoms with Gasteiger partial charge < -0.3 is 36.0 Å². The normalized spacial score (nSPS) is 22.5. The fourth-order valence-corrected chi connectivity index (χ4v) is 8.01. The molecule has 0 bridgehead atoms. The van der Waals surface area contributed by atoms with Crippen LogP contribution in [0.2, 0.25) is 0 Å². The molecule has 2 aromatic heterocycles. The molecule has 14 heteroatoms. The molecule has 6 rings (SSSR count). The molecule has 2 aromatic rings. The van der Waals surface area contributed by atoms with Crippen LogP contribution in [0, 0.1) is 23.7 Å². The quantitative estimate of drug-likeness (QED) is 0.250. The molecule has 4 amide bonds. The molecule has 4 heterocycles. The van der Waals surface area contributed by atoms with Crippen LogP contribution in [0.15, 0.2) is 54.0 Å². The van der Waals surface area contributed by atoms with Gasteiger partial charge in [0.05, 0.1) is 5.54 Å². The lowest BCUT2D eigenvalue weighted by molar-refractivity contribution is -0.137. The molecule has 4 fully saturated rings. The standard InChI is InChI=1S/C22H35N5O2.C17H26N4O.C5H9NO/c1-22(2,3)25-21(29)24-16-17-4-6-18(7-5-17)20(28)27-14-12-26(13-15-27)19-8-10-23-11-9-19;18-13-14-1-3-15(4-2-14)17(22)21-11-9-20(10-12-21)16-5-7-19-8-6-16;1-5(2,3)6-4-7/h8-11,17-18H,4-7,12-16H2,1-3H3,(H2,24,25,29);5-8,14-15H,1-4,9-13,18H2;1-3H3. The van der Waals surface area contributed by atoms with E-state index < -0.39 is 0 Å². The minimum atomic E-state index is -0.248. The number of amides is 4. The van der Waals surface area contributed by atoms with Gasteiger partial charge in [-0.2, -0.15) is 0 Å². The molecule has 320 valence electrons. The van der Waals surface area contributed by atoms with Gasteiger partial charge >= 0.3 is 6.03 Å². The van der Waals surface area contributed by atoms with Crippen molar-refractivity contribution in [1.29, 1.82) is 0 Å². The third-order valence-electron chi connectivity index (χ3n) is 11.4. The number of carbonyl (C=O) groups excluding carboxylic acids is 4. The number of hydrogen-bond donors (Lipinski definition) is 3. The van der Waals surface area contributed by atoms with Crippen LogP contribution in [-0.2, 0) is 14.4 Å². The first-order chi connectivity index (χ1) is 27.7. The monoisotopic (exact) mass is 803 g/mol. The topological polar surface area (TPSA) is 169 Å². The van der Waals surface area contributed by atoms with E-state index in [2.05, 4.69) is 40.3 Å². The van der Waals surface area contributed by atoms with Crippen molar-refractivity contribution in [3.63, 3.8) is 0 Å². The molecule has 2 aliphatic carbocycles. The van der Waals surface area contributed by atoms with Crippen LogP contribution in [0.3, 0.4) is 0 Å². The average Bonchev–Trinajstić information content (AvgIpc) is 3.23. The van der Waals surface area contributed by atoms with E-state index in [1.807, 2.05) is 95.5 Å². The summed E-state index contributed by atoms with van der Waals surface area (Å²) in [6, 6.07) is 8.00. The van der Waals surface area contributed by atoms with Gasteiger partial charge in [0.25, 0.3) is 0 Å². The Balaban J connectivity index is 0.000000226. The number of carbonyl (C=O) groups is 3. The summed E-state index contributed by atoms with van der Waals surface area (Å²) >= 11 is 0. The molecular weight excluding hydrogens is 733 g/mol.